The van der Waals surface area contributed by atoms with E-state index >= 15 is 0 Å². The number of hydrazine groups is 1. The predicted molar refractivity (Wildman–Crippen MR) is 76.3 cm³/mol. The molecule has 3 N–H and O–H groups in total. The van der Waals surface area contributed by atoms with E-state index in [0.717, 1.165) is 17.2 Å². The van der Waals surface area contributed by atoms with Gasteiger partial charge < -0.3 is 0 Å². The quantitative estimate of drug-likeness (QED) is 0.667. The number of halogens is 3. The zero-order valence-corrected chi connectivity index (χ0v) is 11.7. The highest BCUT2D eigenvalue weighted by molar-refractivity contribution is 6.31. The minimum atomic E-state index is -0.867. The average Bonchev–Trinajstić information content (AvgIpc) is 2.41. The van der Waals surface area contributed by atoms with Crippen molar-refractivity contribution in [3.05, 3.63) is 69.7 Å². The summed E-state index contributed by atoms with van der Waals surface area (Å²) >= 11 is 6.20. The molecule has 0 spiro atoms. The summed E-state index contributed by atoms with van der Waals surface area (Å²) in [5, 5.41) is 0.593. The number of aryl methyl sites for hydroxylation is 1. The van der Waals surface area contributed by atoms with Crippen LogP contribution in [0.25, 0.3) is 0 Å². The highest BCUT2D eigenvalue weighted by Crippen LogP contribution is 2.26. The van der Waals surface area contributed by atoms with Gasteiger partial charge in [-0.2, -0.15) is 0 Å². The zero-order valence-electron chi connectivity index (χ0n) is 11.0. The molecule has 0 aliphatic heterocycles. The monoisotopic (exact) mass is 296 g/mol. The molecule has 0 aromatic heterocycles. The SMILES string of the molecule is Cc1ccc(C(Cc2ccc(F)c(F)c2)NN)c(Cl)c1. The Morgan fingerprint density at radius 2 is 1.90 bits per heavy atom. The topological polar surface area (TPSA) is 38.0 Å². The fourth-order valence-corrected chi connectivity index (χ4v) is 2.44. The normalized spacial score (nSPS) is 12.4. The van der Waals surface area contributed by atoms with Gasteiger partial charge in [-0.3, -0.25) is 11.3 Å². The lowest BCUT2D eigenvalue weighted by Crippen LogP contribution is -2.29. The van der Waals surface area contributed by atoms with Gasteiger partial charge in [0.15, 0.2) is 11.6 Å². The molecule has 2 nitrogen and oxygen atoms in total. The Labute approximate surface area is 121 Å². The van der Waals surface area contributed by atoms with E-state index in [1.165, 1.54) is 12.1 Å². The van der Waals surface area contributed by atoms with Gasteiger partial charge in [-0.15, -0.1) is 0 Å². The molecule has 0 heterocycles. The molecule has 1 atom stereocenters. The van der Waals surface area contributed by atoms with Crippen molar-refractivity contribution >= 4 is 11.6 Å². The number of rotatable bonds is 4. The van der Waals surface area contributed by atoms with Crippen LogP contribution < -0.4 is 11.3 Å². The molecule has 0 radical (unpaired) electrons. The molecule has 0 aliphatic rings. The van der Waals surface area contributed by atoms with Gasteiger partial charge in [0, 0.05) is 5.02 Å². The summed E-state index contributed by atoms with van der Waals surface area (Å²) in [5.74, 6) is 3.82. The van der Waals surface area contributed by atoms with Crippen LogP contribution in [0.5, 0.6) is 0 Å². The summed E-state index contributed by atoms with van der Waals surface area (Å²) in [5.41, 5.74) is 5.17. The summed E-state index contributed by atoms with van der Waals surface area (Å²) in [6.45, 7) is 1.94. The molecule has 0 bridgehead atoms. The predicted octanol–water partition coefficient (Wildman–Crippen LogP) is 3.67. The second-order valence-corrected chi connectivity index (χ2v) is 5.10. The van der Waals surface area contributed by atoms with Crippen LogP contribution in [0.1, 0.15) is 22.7 Å². The standard InChI is InChI=1S/C15H15ClF2N2/c1-9-2-4-11(12(16)6-9)15(20-19)8-10-3-5-13(17)14(18)7-10/h2-7,15,20H,8,19H2,1H3. The second-order valence-electron chi connectivity index (χ2n) is 4.70. The summed E-state index contributed by atoms with van der Waals surface area (Å²) in [7, 11) is 0. The van der Waals surface area contributed by atoms with Crippen molar-refractivity contribution in [1.29, 1.82) is 0 Å². The molecule has 0 saturated heterocycles. The molecule has 0 fully saturated rings. The molecule has 0 amide bonds. The number of hydrogen-bond acceptors (Lipinski definition) is 2. The molecular formula is C15H15ClF2N2. The smallest absolute Gasteiger partial charge is 0.159 e. The third kappa shape index (κ3) is 3.33. The van der Waals surface area contributed by atoms with Crippen LogP contribution in [0.15, 0.2) is 36.4 Å². The van der Waals surface area contributed by atoms with E-state index < -0.39 is 11.6 Å². The van der Waals surface area contributed by atoms with Gasteiger partial charge in [0.2, 0.25) is 0 Å². The first-order valence-electron chi connectivity index (χ1n) is 6.17. The summed E-state index contributed by atoms with van der Waals surface area (Å²) in [6, 6.07) is 9.18. The maximum atomic E-state index is 13.2. The molecule has 2 rings (SSSR count). The number of hydrogen-bond donors (Lipinski definition) is 2. The van der Waals surface area contributed by atoms with E-state index in [2.05, 4.69) is 5.43 Å². The van der Waals surface area contributed by atoms with Crippen molar-refractivity contribution < 1.29 is 8.78 Å². The number of benzene rings is 2. The van der Waals surface area contributed by atoms with Crippen LogP contribution in [0.2, 0.25) is 5.02 Å². The van der Waals surface area contributed by atoms with Gasteiger partial charge in [-0.1, -0.05) is 29.8 Å². The van der Waals surface area contributed by atoms with Crippen molar-refractivity contribution in [3.63, 3.8) is 0 Å². The van der Waals surface area contributed by atoms with Gasteiger partial charge in [0.1, 0.15) is 0 Å². The summed E-state index contributed by atoms with van der Waals surface area (Å²) < 4.78 is 26.1. The molecule has 1 unspecified atom stereocenters. The number of nitrogens with one attached hydrogen (secondary N) is 1. The molecule has 20 heavy (non-hydrogen) atoms. The largest absolute Gasteiger partial charge is 0.271 e. The molecule has 106 valence electrons. The Morgan fingerprint density at radius 1 is 1.15 bits per heavy atom. The van der Waals surface area contributed by atoms with E-state index in [1.807, 2.05) is 25.1 Å². The van der Waals surface area contributed by atoms with Gasteiger partial charge >= 0.3 is 0 Å². The van der Waals surface area contributed by atoms with Crippen LogP contribution in [-0.2, 0) is 6.42 Å². The first-order valence-corrected chi connectivity index (χ1v) is 6.55. The first kappa shape index (κ1) is 14.9. The fraction of sp³-hybridized carbons (Fsp3) is 0.200. The lowest BCUT2D eigenvalue weighted by Gasteiger charge is -2.18. The Balaban J connectivity index is 2.26. The van der Waals surface area contributed by atoms with Crippen molar-refractivity contribution in [2.24, 2.45) is 5.84 Å². The van der Waals surface area contributed by atoms with Crippen molar-refractivity contribution in [3.8, 4) is 0 Å². The summed E-state index contributed by atoms with van der Waals surface area (Å²) in [6.07, 6.45) is 0.413. The van der Waals surface area contributed by atoms with E-state index in [4.69, 9.17) is 17.4 Å². The highest BCUT2D eigenvalue weighted by atomic mass is 35.5. The zero-order chi connectivity index (χ0) is 14.7. The molecule has 0 aliphatic carbocycles. The Kier molecular flexibility index (Phi) is 4.70. The molecule has 2 aromatic rings. The van der Waals surface area contributed by atoms with Crippen LogP contribution in [0.3, 0.4) is 0 Å². The lowest BCUT2D eigenvalue weighted by atomic mass is 9.98. The minimum absolute atomic E-state index is 0.270. The third-order valence-electron chi connectivity index (χ3n) is 3.16. The molecule has 5 heteroatoms. The molecule has 0 saturated carbocycles. The second kappa shape index (κ2) is 6.31. The Hall–Kier alpha value is -1.49. The van der Waals surface area contributed by atoms with Crippen LogP contribution in [-0.4, -0.2) is 0 Å². The Morgan fingerprint density at radius 3 is 2.50 bits per heavy atom. The van der Waals surface area contributed by atoms with E-state index in [9.17, 15) is 8.78 Å². The van der Waals surface area contributed by atoms with Crippen LogP contribution >= 0.6 is 11.6 Å². The molecular weight excluding hydrogens is 282 g/mol. The van der Waals surface area contributed by atoms with Gasteiger partial charge in [0.25, 0.3) is 0 Å². The molecule has 2 aromatic carbocycles. The third-order valence-corrected chi connectivity index (χ3v) is 3.48. The first-order chi connectivity index (χ1) is 9.51. The van der Waals surface area contributed by atoms with Crippen molar-refractivity contribution in [1.82, 2.24) is 5.43 Å². The van der Waals surface area contributed by atoms with Gasteiger partial charge in [-0.05, 0) is 48.2 Å². The van der Waals surface area contributed by atoms with Gasteiger partial charge in [-0.25, -0.2) is 8.78 Å². The van der Waals surface area contributed by atoms with Crippen LogP contribution in [0, 0.1) is 18.6 Å². The van der Waals surface area contributed by atoms with E-state index in [0.29, 0.717) is 17.0 Å². The lowest BCUT2D eigenvalue weighted by molar-refractivity contribution is 0.502. The Bertz CT molecular complexity index is 617. The van der Waals surface area contributed by atoms with Crippen molar-refractivity contribution in [2.75, 3.05) is 0 Å². The minimum Gasteiger partial charge on any atom is -0.271 e. The highest BCUT2D eigenvalue weighted by Gasteiger charge is 2.15. The van der Waals surface area contributed by atoms with Crippen LogP contribution in [0.4, 0.5) is 8.78 Å². The fourth-order valence-electron chi connectivity index (χ4n) is 2.08. The summed E-state index contributed by atoms with van der Waals surface area (Å²) in [4.78, 5) is 0. The van der Waals surface area contributed by atoms with E-state index in [-0.39, 0.29) is 6.04 Å². The van der Waals surface area contributed by atoms with Gasteiger partial charge in [0.05, 0.1) is 6.04 Å². The van der Waals surface area contributed by atoms with E-state index in [1.54, 1.807) is 0 Å². The maximum Gasteiger partial charge on any atom is 0.159 e. The average molecular weight is 297 g/mol. The maximum absolute atomic E-state index is 13.2. The number of nitrogens with two attached hydrogens (primary N) is 1. The van der Waals surface area contributed by atoms with Crippen molar-refractivity contribution in [2.45, 2.75) is 19.4 Å².